The Kier molecular flexibility index (Phi) is 40.7. The van der Waals surface area contributed by atoms with Crippen LogP contribution in [0.2, 0.25) is 0 Å². The van der Waals surface area contributed by atoms with E-state index < -0.39 is 0 Å². The predicted molar refractivity (Wildman–Crippen MR) is 550 cm³/mol. The van der Waals surface area contributed by atoms with Crippen LogP contribution in [0.1, 0.15) is 131 Å². The van der Waals surface area contributed by atoms with Crippen molar-refractivity contribution >= 4 is 130 Å². The first-order chi connectivity index (χ1) is 63.8. The maximum atomic E-state index is 8.56. The summed E-state index contributed by atoms with van der Waals surface area (Å²) in [7, 11) is 0. The van der Waals surface area contributed by atoms with Crippen LogP contribution in [0.3, 0.4) is 0 Å². The molecular formula is C117H118Ir4N8O8-4. The maximum absolute atomic E-state index is 8.56. The monoisotopic (exact) mass is 2530 g/mol. The van der Waals surface area contributed by atoms with Crippen LogP contribution >= 0.6 is 0 Å². The topological polar surface area (TPSA) is 265 Å². The van der Waals surface area contributed by atoms with E-state index in [1.807, 2.05) is 134 Å². The van der Waals surface area contributed by atoms with Crippen molar-refractivity contribution in [2.75, 3.05) is 0 Å². The molecule has 20 aromatic rings. The Hall–Kier alpha value is -10.8. The maximum Gasteiger partial charge on any atom is 0.0873 e. The Morgan fingerprint density at radius 1 is 0.234 bits per heavy atom. The molecule has 137 heavy (non-hydrogen) atoms. The van der Waals surface area contributed by atoms with Gasteiger partial charge in [0.25, 0.3) is 0 Å². The molecule has 0 fully saturated rings. The van der Waals surface area contributed by atoms with E-state index in [-0.39, 0.29) is 129 Å². The van der Waals surface area contributed by atoms with Gasteiger partial charge in [0.05, 0.1) is 93.7 Å². The first-order valence-corrected chi connectivity index (χ1v) is 45.5. The van der Waals surface area contributed by atoms with E-state index in [1.54, 1.807) is 55.4 Å². The molecular weight excluding hydrogens is 2410 g/mol. The van der Waals surface area contributed by atoms with Crippen molar-refractivity contribution in [1.82, 2.24) is 39.9 Å². The van der Waals surface area contributed by atoms with Crippen LogP contribution in [-0.2, 0) is 80.4 Å². The van der Waals surface area contributed by atoms with Gasteiger partial charge in [0, 0.05) is 150 Å². The van der Waals surface area contributed by atoms with Gasteiger partial charge in [-0.15, -0.1) is 118 Å². The molecule has 4 aromatic heterocycles. The van der Waals surface area contributed by atoms with Gasteiger partial charge < -0.3 is 60.8 Å². The molecule has 4 heterocycles. The molecule has 20 rings (SSSR count). The van der Waals surface area contributed by atoms with Gasteiger partial charge in [0.2, 0.25) is 0 Å². The van der Waals surface area contributed by atoms with Crippen LogP contribution in [0.4, 0.5) is 0 Å². The van der Waals surface area contributed by atoms with Crippen LogP contribution in [0.25, 0.3) is 175 Å². The third kappa shape index (κ3) is 27.0. The first kappa shape index (κ1) is 110. The van der Waals surface area contributed by atoms with Crippen LogP contribution in [0.5, 0.6) is 0 Å². The van der Waals surface area contributed by atoms with Crippen LogP contribution in [0, 0.1) is 86.6 Å². The molecule has 0 aliphatic heterocycles. The number of rotatable bonds is 12. The molecule has 20 heteroatoms. The normalized spacial score (nSPS) is 12.6. The number of aliphatic hydroxyl groups is 8. The average molecular weight is 2530 g/mol. The Morgan fingerprint density at radius 3 is 0.818 bits per heavy atom. The van der Waals surface area contributed by atoms with E-state index in [1.165, 1.54) is 115 Å². The molecule has 0 saturated heterocycles. The van der Waals surface area contributed by atoms with Crippen molar-refractivity contribution in [3.05, 3.63) is 336 Å². The summed E-state index contributed by atoms with van der Waals surface area (Å²) >= 11 is 0. The molecule has 16 nitrogen and oxygen atoms in total. The van der Waals surface area contributed by atoms with E-state index in [4.69, 9.17) is 80.7 Å². The summed E-state index contributed by atoms with van der Waals surface area (Å²) < 4.78 is 0. The minimum Gasteiger partial charge on any atom is -0.393 e. The van der Waals surface area contributed by atoms with Crippen LogP contribution in [0.15, 0.2) is 261 Å². The average Bonchev–Trinajstić information content (AvgIpc) is 0.761. The smallest absolute Gasteiger partial charge is 0.0873 e. The van der Waals surface area contributed by atoms with Crippen molar-refractivity contribution in [3.63, 3.8) is 0 Å². The minimum atomic E-state index is -0.375. The molecule has 0 aliphatic carbocycles. The summed E-state index contributed by atoms with van der Waals surface area (Å²) in [5.74, 6) is 0. The fourth-order valence-corrected chi connectivity index (χ4v) is 17.1. The van der Waals surface area contributed by atoms with Crippen molar-refractivity contribution in [2.45, 2.75) is 192 Å². The van der Waals surface area contributed by atoms with Gasteiger partial charge in [-0.25, -0.2) is 0 Å². The quantitative estimate of drug-likeness (QED) is 0.0417. The van der Waals surface area contributed by atoms with Crippen molar-refractivity contribution < 1.29 is 121 Å². The SMILES string of the molecule is CC(O)CC(C)O.CC(O)CC(C)O.CC(O)CC(C)O.CC(O)CC(C)O.Cc1c[c-]c2c(c1)c1ccc(C)c(C)c1c1nc(-c3ccccc3)cnc21.Cc1c[c-]c2c(c1)c1cccc(C)c1c1nc(-c3ccccc3)cnc21.Cc1cc(C)c2c(c1)c1ccc[c-]c1c1ncc(-c3ccccc3)nc12.Cc1ccc2c3ccc[c-]c3c3ncc(-c4ccccc4)nc3c2c1C.[Ir].[Ir].[Ir].[Ir]. The number of aliphatic hydroxyl groups excluding tert-OH is 8. The summed E-state index contributed by atoms with van der Waals surface area (Å²) in [6.45, 7) is 32.6. The molecule has 714 valence electrons. The second kappa shape index (κ2) is 50.7. The first-order valence-electron chi connectivity index (χ1n) is 45.5. The molecule has 0 bridgehead atoms. The zero-order chi connectivity index (χ0) is 95.0. The number of aromatic nitrogens is 8. The number of benzene rings is 16. The number of hydrogen-bond donors (Lipinski definition) is 8. The van der Waals surface area contributed by atoms with E-state index in [9.17, 15) is 0 Å². The van der Waals surface area contributed by atoms with E-state index in [0.717, 1.165) is 111 Å². The fraction of sp³-hybridized carbons (Fsp3) is 0.248. The second-order valence-corrected chi connectivity index (χ2v) is 35.2. The third-order valence-corrected chi connectivity index (χ3v) is 23.3. The van der Waals surface area contributed by atoms with Gasteiger partial charge >= 0.3 is 0 Å². The van der Waals surface area contributed by atoms with E-state index in [0.29, 0.717) is 25.7 Å². The van der Waals surface area contributed by atoms with Gasteiger partial charge in [0.15, 0.2) is 0 Å². The predicted octanol–water partition coefficient (Wildman–Crippen LogP) is 24.9. The molecule has 0 aliphatic rings. The van der Waals surface area contributed by atoms with E-state index >= 15 is 0 Å². The summed E-state index contributed by atoms with van der Waals surface area (Å²) in [6, 6.07) is 95.0. The molecule has 0 spiro atoms. The Labute approximate surface area is 857 Å². The molecule has 0 saturated carbocycles. The van der Waals surface area contributed by atoms with Gasteiger partial charge in [0.1, 0.15) is 0 Å². The molecule has 8 atom stereocenters. The Bertz CT molecular complexity index is 7400. The largest absolute Gasteiger partial charge is 0.393 e. The van der Waals surface area contributed by atoms with Gasteiger partial charge in [-0.1, -0.05) is 238 Å². The molecule has 4 radical (unpaired) electrons. The number of fused-ring (bicyclic) bond motifs is 24. The molecule has 0 amide bonds. The summed E-state index contributed by atoms with van der Waals surface area (Å²) in [5, 5.41) is 87.0. The minimum absolute atomic E-state index is 0. The van der Waals surface area contributed by atoms with Crippen LogP contribution < -0.4 is 0 Å². The van der Waals surface area contributed by atoms with Gasteiger partial charge in [-0.3, -0.25) is 19.9 Å². The fourth-order valence-electron chi connectivity index (χ4n) is 17.1. The zero-order valence-corrected chi connectivity index (χ0v) is 89.8. The molecule has 8 unspecified atom stereocenters. The number of nitrogens with zero attached hydrogens (tertiary/aromatic N) is 8. The summed E-state index contributed by atoms with van der Waals surface area (Å²) in [4.78, 5) is 39.4. The number of aryl methyl sites for hydroxylation is 9. The Morgan fingerprint density at radius 2 is 0.504 bits per heavy atom. The zero-order valence-electron chi connectivity index (χ0n) is 80.3. The summed E-state index contributed by atoms with van der Waals surface area (Å²) in [6.07, 6.45) is 6.37. The van der Waals surface area contributed by atoms with E-state index in [2.05, 4.69) is 214 Å². The van der Waals surface area contributed by atoms with Crippen molar-refractivity contribution in [1.29, 1.82) is 0 Å². The summed E-state index contributed by atoms with van der Waals surface area (Å²) in [5.41, 5.74) is 26.6. The van der Waals surface area contributed by atoms with Gasteiger partial charge in [-0.2, -0.15) is 0 Å². The van der Waals surface area contributed by atoms with Gasteiger partial charge in [-0.05, 0) is 184 Å². The van der Waals surface area contributed by atoms with Crippen molar-refractivity contribution in [3.8, 4) is 45.0 Å². The Balaban J connectivity index is 0.000000185. The number of hydrogen-bond acceptors (Lipinski definition) is 16. The molecule has 8 N–H and O–H groups in total. The van der Waals surface area contributed by atoms with Crippen LogP contribution in [-0.4, -0.2) is 130 Å². The third-order valence-electron chi connectivity index (χ3n) is 23.3. The van der Waals surface area contributed by atoms with Crippen molar-refractivity contribution in [2.24, 2.45) is 0 Å². The second-order valence-electron chi connectivity index (χ2n) is 35.2. The standard InChI is InChI=1S/C25H19N2.3C24H17N2.4C5H12O2.4Ir/c1-15-9-11-20-21(13-15)19-12-10-16(2)17(3)23(19)25-24(20)26-14-22(27-25)18-7-5-4-6-8-18;1-15-11-12-19-20(13-15)18-10-6-7-16(2)22(18)24-23(19)25-14-21(26-24)17-8-4-3-5-9-17;1-15-12-16(2)22-20(13-15)18-10-6-7-11-19(18)23-24(22)26-21(14-25-23)17-8-4-3-5-9-17;1-15-12-13-19-18-10-6-7-11-20(18)23-24(22(19)16(15)2)26-21(14-25-23)17-8-4-3-5-9-17;4*1-4(6)3-5(2)7;;;;/h4-10,12-14H,1-3H3;3-11,13-14H,1-2H3;2*3-10,12-14H,1-2H3;4*4-7H,3H2,1-2H3;;;;/q4*-1;;;;;;;;. The molecule has 16 aromatic carbocycles.